The summed E-state index contributed by atoms with van der Waals surface area (Å²) in [5.41, 5.74) is 13.8. The van der Waals surface area contributed by atoms with Crippen LogP contribution in [0.5, 0.6) is 0 Å². The van der Waals surface area contributed by atoms with Crippen LogP contribution < -0.4 is 16.4 Å². The van der Waals surface area contributed by atoms with Gasteiger partial charge in [0.1, 0.15) is 5.82 Å². The molecule has 45 heavy (non-hydrogen) atoms. The Hall–Kier alpha value is -4.70. The third-order valence-corrected chi connectivity index (χ3v) is 9.28. The monoisotopic (exact) mass is 622 g/mol. The molecule has 0 spiro atoms. The summed E-state index contributed by atoms with van der Waals surface area (Å²) in [5.74, 6) is -0.717. The van der Waals surface area contributed by atoms with E-state index in [1.165, 1.54) is 29.0 Å². The highest BCUT2D eigenvalue weighted by molar-refractivity contribution is 7.22. The summed E-state index contributed by atoms with van der Waals surface area (Å²) < 4.78 is 13.1. The number of halogens is 1. The van der Waals surface area contributed by atoms with Crippen molar-refractivity contribution in [2.24, 2.45) is 11.7 Å². The molecule has 2 aliphatic rings. The summed E-state index contributed by atoms with van der Waals surface area (Å²) in [6.07, 6.45) is 6.12. The number of aromatic nitrogens is 3. The number of carbonyl (C=O) groups excluding carboxylic acids is 2. The summed E-state index contributed by atoms with van der Waals surface area (Å²) in [4.78, 5) is 40.6. The van der Waals surface area contributed by atoms with E-state index in [4.69, 9.17) is 10.7 Å². The second-order valence-electron chi connectivity index (χ2n) is 12.0. The molecule has 0 saturated heterocycles. The molecule has 230 valence electrons. The number of aryl methyl sites for hydroxylation is 2. The highest BCUT2D eigenvalue weighted by Crippen LogP contribution is 2.44. The molecule has 5 heterocycles. The standard InChI is InChI=1S/C28H28N6O2S.C7H7F/c1-13(2)11-19-22(27(29)35)23(24-25(34-19)14(3)32-28(24)36)21-12-20-26(37-21)18(8-10-31-20)33-17-7-6-16-15(17)5-4-9-30-16;1-6-2-4-7(8)5-3-6/h4-5,8-10,12-14,17H,6-7,11H2,1-3H3,(H2,29,35)(H,31,33)(H,32,36);2-5H,1H3. The first-order valence-electron chi connectivity index (χ1n) is 15.1. The SMILES string of the molecule is CC(C)Cc1nc2c(c(-c3cc4nccc(NC5CCc6ncccc65)c4s3)c1C(N)=O)C(=O)NC2C.Cc1ccc(F)cc1. The van der Waals surface area contributed by atoms with E-state index >= 15 is 0 Å². The predicted molar refractivity (Wildman–Crippen MR) is 176 cm³/mol. The number of rotatable bonds is 6. The van der Waals surface area contributed by atoms with Crippen molar-refractivity contribution in [3.8, 4) is 10.4 Å². The second kappa shape index (κ2) is 12.4. The normalized spacial score (nSPS) is 16.6. The number of anilines is 1. The zero-order chi connectivity index (χ0) is 31.8. The van der Waals surface area contributed by atoms with Gasteiger partial charge in [-0.2, -0.15) is 0 Å². The molecule has 2 amide bonds. The van der Waals surface area contributed by atoms with E-state index in [9.17, 15) is 14.0 Å². The van der Waals surface area contributed by atoms with E-state index < -0.39 is 5.91 Å². The molecule has 7 rings (SSSR count). The van der Waals surface area contributed by atoms with Gasteiger partial charge in [-0.25, -0.2) is 4.39 Å². The molecule has 2 unspecified atom stereocenters. The Balaban J connectivity index is 0.000000390. The Morgan fingerprint density at radius 1 is 1.13 bits per heavy atom. The van der Waals surface area contributed by atoms with E-state index in [1.54, 1.807) is 18.3 Å². The lowest BCUT2D eigenvalue weighted by atomic mass is 9.92. The first-order chi connectivity index (χ1) is 21.6. The Morgan fingerprint density at radius 2 is 1.91 bits per heavy atom. The quantitative estimate of drug-likeness (QED) is 0.186. The molecule has 5 aromatic rings. The molecule has 10 heteroatoms. The van der Waals surface area contributed by atoms with Crippen molar-refractivity contribution in [2.75, 3.05) is 5.32 Å². The van der Waals surface area contributed by atoms with E-state index in [1.807, 2.05) is 38.2 Å². The maximum atomic E-state index is 13.1. The number of hydrogen-bond donors (Lipinski definition) is 3. The zero-order valence-corrected chi connectivity index (χ0v) is 26.5. The van der Waals surface area contributed by atoms with Gasteiger partial charge in [-0.05, 0) is 74.9 Å². The number of nitrogens with zero attached hydrogens (tertiary/aromatic N) is 3. The highest BCUT2D eigenvalue weighted by Gasteiger charge is 2.36. The van der Waals surface area contributed by atoms with E-state index in [2.05, 4.69) is 40.5 Å². The molecule has 0 saturated carbocycles. The van der Waals surface area contributed by atoms with Crippen LogP contribution in [0.25, 0.3) is 20.7 Å². The Morgan fingerprint density at radius 3 is 2.62 bits per heavy atom. The largest absolute Gasteiger partial charge is 0.377 e. The van der Waals surface area contributed by atoms with Crippen molar-refractivity contribution in [1.82, 2.24) is 20.3 Å². The maximum absolute atomic E-state index is 13.1. The topological polar surface area (TPSA) is 123 Å². The number of fused-ring (bicyclic) bond motifs is 3. The van der Waals surface area contributed by atoms with Crippen molar-refractivity contribution >= 4 is 39.1 Å². The van der Waals surface area contributed by atoms with Crippen LogP contribution in [0.1, 0.15) is 88.2 Å². The maximum Gasteiger partial charge on any atom is 0.254 e. The van der Waals surface area contributed by atoms with Crippen LogP contribution in [0.2, 0.25) is 0 Å². The van der Waals surface area contributed by atoms with Gasteiger partial charge in [0.05, 0.1) is 50.5 Å². The Kier molecular flexibility index (Phi) is 8.33. The predicted octanol–water partition coefficient (Wildman–Crippen LogP) is 7.09. The van der Waals surface area contributed by atoms with Crippen molar-refractivity contribution < 1.29 is 14.0 Å². The van der Waals surface area contributed by atoms with Crippen LogP contribution in [0.4, 0.5) is 10.1 Å². The van der Waals surface area contributed by atoms with Gasteiger partial charge in [0.15, 0.2) is 0 Å². The summed E-state index contributed by atoms with van der Waals surface area (Å²) in [7, 11) is 0. The zero-order valence-electron chi connectivity index (χ0n) is 25.6. The number of thiophene rings is 1. The Bertz CT molecular complexity index is 1900. The van der Waals surface area contributed by atoms with E-state index in [0.717, 1.165) is 44.9 Å². The molecule has 4 N–H and O–H groups in total. The van der Waals surface area contributed by atoms with Gasteiger partial charge in [-0.15, -0.1) is 11.3 Å². The van der Waals surface area contributed by atoms with Gasteiger partial charge in [-0.3, -0.25) is 24.5 Å². The smallest absolute Gasteiger partial charge is 0.254 e. The number of nitrogens with one attached hydrogen (secondary N) is 2. The summed E-state index contributed by atoms with van der Waals surface area (Å²) >= 11 is 1.51. The number of primary amides is 1. The fourth-order valence-corrected chi connectivity index (χ4v) is 7.19. The molecule has 4 aromatic heterocycles. The molecule has 1 aliphatic carbocycles. The van der Waals surface area contributed by atoms with Crippen molar-refractivity contribution in [3.63, 3.8) is 0 Å². The molecule has 2 atom stereocenters. The van der Waals surface area contributed by atoms with Crippen LogP contribution >= 0.6 is 11.3 Å². The summed E-state index contributed by atoms with van der Waals surface area (Å²) in [5, 5.41) is 6.65. The summed E-state index contributed by atoms with van der Waals surface area (Å²) in [6.45, 7) is 7.99. The molecule has 0 radical (unpaired) electrons. The molecular formula is C35H35FN6O2S. The van der Waals surface area contributed by atoms with Crippen molar-refractivity contribution in [1.29, 1.82) is 0 Å². The van der Waals surface area contributed by atoms with Crippen LogP contribution in [-0.2, 0) is 12.8 Å². The fourth-order valence-electron chi connectivity index (χ4n) is 6.04. The molecule has 1 aromatic carbocycles. The van der Waals surface area contributed by atoms with Crippen LogP contribution in [0, 0.1) is 18.7 Å². The fraction of sp³-hybridized carbons (Fsp3) is 0.286. The lowest BCUT2D eigenvalue weighted by molar-refractivity contribution is 0.0959. The third-order valence-electron chi connectivity index (χ3n) is 8.10. The Labute approximate surface area is 265 Å². The third kappa shape index (κ3) is 6.02. The minimum absolute atomic E-state index is 0.162. The van der Waals surface area contributed by atoms with Crippen LogP contribution in [0.15, 0.2) is 60.9 Å². The number of hydrogen-bond acceptors (Lipinski definition) is 7. The first kappa shape index (κ1) is 30.3. The summed E-state index contributed by atoms with van der Waals surface area (Å²) in [6, 6.07) is 14.3. The van der Waals surface area contributed by atoms with Gasteiger partial charge < -0.3 is 16.4 Å². The molecule has 0 bridgehead atoms. The average Bonchev–Trinajstić information content (AvgIpc) is 3.70. The number of carbonyl (C=O) groups is 2. The molecule has 0 fully saturated rings. The van der Waals surface area contributed by atoms with Gasteiger partial charge >= 0.3 is 0 Å². The van der Waals surface area contributed by atoms with Gasteiger partial charge in [0.2, 0.25) is 0 Å². The van der Waals surface area contributed by atoms with Crippen molar-refractivity contribution in [3.05, 3.63) is 106 Å². The minimum atomic E-state index is -0.577. The van der Waals surface area contributed by atoms with E-state index in [-0.39, 0.29) is 29.7 Å². The lowest BCUT2D eigenvalue weighted by Crippen LogP contribution is -2.20. The second-order valence-corrected chi connectivity index (χ2v) is 13.0. The molecule has 8 nitrogen and oxygen atoms in total. The number of benzene rings is 1. The van der Waals surface area contributed by atoms with Crippen LogP contribution in [-0.4, -0.2) is 26.8 Å². The van der Waals surface area contributed by atoms with Gasteiger partial charge in [-0.1, -0.05) is 37.6 Å². The van der Waals surface area contributed by atoms with Crippen LogP contribution in [0.3, 0.4) is 0 Å². The first-order valence-corrected chi connectivity index (χ1v) is 15.9. The number of pyridine rings is 3. The average molecular weight is 623 g/mol. The molecular weight excluding hydrogens is 587 g/mol. The highest BCUT2D eigenvalue weighted by atomic mass is 32.1. The molecule has 1 aliphatic heterocycles. The van der Waals surface area contributed by atoms with E-state index in [0.29, 0.717) is 34.5 Å². The number of nitrogens with two attached hydrogens (primary N) is 1. The lowest BCUT2D eigenvalue weighted by Gasteiger charge is -2.16. The van der Waals surface area contributed by atoms with Gasteiger partial charge in [0.25, 0.3) is 11.8 Å². The van der Waals surface area contributed by atoms with Crippen molar-refractivity contribution in [2.45, 2.75) is 59.0 Å². The number of amides is 2. The van der Waals surface area contributed by atoms with Gasteiger partial charge in [0, 0.05) is 28.5 Å². The minimum Gasteiger partial charge on any atom is -0.377 e.